The van der Waals surface area contributed by atoms with E-state index in [0.717, 1.165) is 28.3 Å². The first-order chi connectivity index (χ1) is 29.8. The second-order valence-corrected chi connectivity index (χ2v) is 15.3. The van der Waals surface area contributed by atoms with Crippen LogP contribution in [0.15, 0.2) is 243 Å². The van der Waals surface area contributed by atoms with E-state index in [4.69, 9.17) is 0 Å². The van der Waals surface area contributed by atoms with Crippen LogP contribution in [-0.4, -0.2) is 4.57 Å². The molecule has 0 aliphatic rings. The normalized spacial score (nSPS) is 11.3. The molecule has 0 atom stereocenters. The van der Waals surface area contributed by atoms with Crippen molar-refractivity contribution >= 4 is 49.6 Å². The van der Waals surface area contributed by atoms with Gasteiger partial charge in [0.1, 0.15) is 0 Å². The monoisotopic (exact) mass is 764 g/mol. The summed E-state index contributed by atoms with van der Waals surface area (Å²) in [4.78, 5) is 2.39. The van der Waals surface area contributed by atoms with E-state index in [0.29, 0.717) is 0 Å². The van der Waals surface area contributed by atoms with E-state index in [1.54, 1.807) is 0 Å². The molecule has 0 amide bonds. The third-order valence-electron chi connectivity index (χ3n) is 11.7. The number of nitrogens with zero attached hydrogens (tertiary/aromatic N) is 2. The van der Waals surface area contributed by atoms with Gasteiger partial charge in [-0.2, -0.15) is 0 Å². The van der Waals surface area contributed by atoms with Gasteiger partial charge >= 0.3 is 0 Å². The lowest BCUT2D eigenvalue weighted by Crippen LogP contribution is -2.10. The molecular weight excluding hydrogens is 725 g/mol. The molecule has 11 rings (SSSR count). The molecule has 1 aromatic heterocycles. The van der Waals surface area contributed by atoms with Crippen LogP contribution < -0.4 is 4.90 Å². The van der Waals surface area contributed by atoms with E-state index in [-0.39, 0.29) is 0 Å². The summed E-state index contributed by atoms with van der Waals surface area (Å²) < 4.78 is 2.44. The molecule has 60 heavy (non-hydrogen) atoms. The van der Waals surface area contributed by atoms with E-state index in [2.05, 4.69) is 252 Å². The summed E-state index contributed by atoms with van der Waals surface area (Å²) in [7, 11) is 0. The van der Waals surface area contributed by atoms with Crippen molar-refractivity contribution in [2.75, 3.05) is 4.90 Å². The number of hydrogen-bond donors (Lipinski definition) is 0. The molecule has 11 aromatic rings. The van der Waals surface area contributed by atoms with E-state index < -0.39 is 0 Å². The van der Waals surface area contributed by atoms with Crippen LogP contribution >= 0.6 is 0 Å². The van der Waals surface area contributed by atoms with Crippen molar-refractivity contribution in [3.8, 4) is 50.2 Å². The standard InChI is InChI=1S/C58H40N2/c1-4-16-41(17-5-1)45-21-12-22-46(38-45)43-32-35-50(36-33-43)59(51-27-13-23-47(39-51)42-18-6-2-7-19-42)52-28-14-24-48(40-52)53-30-15-31-56-57(53)55-37-34-44-20-10-11-29-54(44)58(55)60(56)49-25-8-3-9-26-49/h1-40H. The second kappa shape index (κ2) is 15.1. The smallest absolute Gasteiger partial charge is 0.0619 e. The summed E-state index contributed by atoms with van der Waals surface area (Å²) in [5, 5.41) is 4.97. The zero-order valence-corrected chi connectivity index (χ0v) is 33.0. The molecule has 0 aliphatic carbocycles. The van der Waals surface area contributed by atoms with Gasteiger partial charge in [0.05, 0.1) is 11.0 Å². The lowest BCUT2D eigenvalue weighted by atomic mass is 9.97. The molecule has 10 aromatic carbocycles. The molecule has 282 valence electrons. The Bertz CT molecular complexity index is 3290. The molecular formula is C58H40N2. The summed E-state index contributed by atoms with van der Waals surface area (Å²) in [5.41, 5.74) is 16.4. The van der Waals surface area contributed by atoms with Crippen LogP contribution in [0, 0.1) is 0 Å². The van der Waals surface area contributed by atoms with Crippen LogP contribution in [0.2, 0.25) is 0 Å². The first kappa shape index (κ1) is 35.2. The Balaban J connectivity index is 1.07. The highest BCUT2D eigenvalue weighted by Crippen LogP contribution is 2.44. The number of hydrogen-bond acceptors (Lipinski definition) is 1. The van der Waals surface area contributed by atoms with Crippen molar-refractivity contribution < 1.29 is 0 Å². The van der Waals surface area contributed by atoms with Gasteiger partial charge in [-0.25, -0.2) is 0 Å². The maximum absolute atomic E-state index is 2.44. The summed E-state index contributed by atoms with van der Waals surface area (Å²) in [6.45, 7) is 0. The summed E-state index contributed by atoms with van der Waals surface area (Å²) in [6, 6.07) is 87.8. The highest BCUT2D eigenvalue weighted by molar-refractivity contribution is 6.22. The topological polar surface area (TPSA) is 8.17 Å². The second-order valence-electron chi connectivity index (χ2n) is 15.3. The Morgan fingerprint density at radius 2 is 0.817 bits per heavy atom. The predicted molar refractivity (Wildman–Crippen MR) is 255 cm³/mol. The van der Waals surface area contributed by atoms with Crippen molar-refractivity contribution in [1.29, 1.82) is 0 Å². The molecule has 0 spiro atoms. The predicted octanol–water partition coefficient (Wildman–Crippen LogP) is 16.1. The van der Waals surface area contributed by atoms with Crippen molar-refractivity contribution in [2.45, 2.75) is 0 Å². The first-order valence-corrected chi connectivity index (χ1v) is 20.6. The van der Waals surface area contributed by atoms with Gasteiger partial charge in [0.2, 0.25) is 0 Å². The maximum Gasteiger partial charge on any atom is 0.0619 e. The Hall–Kier alpha value is -7.94. The van der Waals surface area contributed by atoms with Crippen molar-refractivity contribution in [3.63, 3.8) is 0 Å². The van der Waals surface area contributed by atoms with Crippen molar-refractivity contribution in [2.24, 2.45) is 0 Å². The number of benzene rings is 10. The lowest BCUT2D eigenvalue weighted by Gasteiger charge is -2.27. The largest absolute Gasteiger partial charge is 0.310 e. The van der Waals surface area contributed by atoms with Crippen LogP contribution in [0.3, 0.4) is 0 Å². The molecule has 0 N–H and O–H groups in total. The SMILES string of the molecule is c1ccc(-c2cccc(-c3ccc(N(c4cccc(-c5ccccc5)c4)c4cccc(-c5cccc6c5c5ccc7ccccc7c5n6-c5ccccc5)c4)cc3)c2)cc1. The van der Waals surface area contributed by atoms with Crippen LogP contribution in [0.25, 0.3) is 82.8 Å². The Morgan fingerprint density at radius 3 is 1.50 bits per heavy atom. The van der Waals surface area contributed by atoms with E-state index in [1.807, 2.05) is 0 Å². The van der Waals surface area contributed by atoms with Gasteiger partial charge in [0.25, 0.3) is 0 Å². The van der Waals surface area contributed by atoms with E-state index >= 15 is 0 Å². The van der Waals surface area contributed by atoms with E-state index in [9.17, 15) is 0 Å². The zero-order valence-electron chi connectivity index (χ0n) is 33.0. The lowest BCUT2D eigenvalue weighted by molar-refractivity contribution is 1.19. The van der Waals surface area contributed by atoms with Gasteiger partial charge < -0.3 is 9.47 Å². The minimum Gasteiger partial charge on any atom is -0.310 e. The van der Waals surface area contributed by atoms with Crippen molar-refractivity contribution in [1.82, 2.24) is 4.57 Å². The highest BCUT2D eigenvalue weighted by Gasteiger charge is 2.20. The Labute approximate surface area is 350 Å². The fraction of sp³-hybridized carbons (Fsp3) is 0. The molecule has 0 saturated carbocycles. The molecule has 0 unspecified atom stereocenters. The van der Waals surface area contributed by atoms with Crippen LogP contribution in [0.1, 0.15) is 0 Å². The zero-order chi connectivity index (χ0) is 39.8. The first-order valence-electron chi connectivity index (χ1n) is 20.6. The molecule has 0 saturated heterocycles. The van der Waals surface area contributed by atoms with Gasteiger partial charge in [-0.3, -0.25) is 0 Å². The summed E-state index contributed by atoms with van der Waals surface area (Å²) in [5.74, 6) is 0. The number of anilines is 3. The molecule has 0 bridgehead atoms. The fourth-order valence-corrected chi connectivity index (χ4v) is 8.94. The highest BCUT2D eigenvalue weighted by atomic mass is 15.1. The summed E-state index contributed by atoms with van der Waals surface area (Å²) in [6.07, 6.45) is 0. The molecule has 2 heteroatoms. The minimum atomic E-state index is 1.09. The quantitative estimate of drug-likeness (QED) is 0.150. The Morgan fingerprint density at radius 1 is 0.300 bits per heavy atom. The molecule has 2 nitrogen and oxygen atoms in total. The van der Waals surface area contributed by atoms with Gasteiger partial charge in [-0.15, -0.1) is 0 Å². The number of fused-ring (bicyclic) bond motifs is 5. The summed E-state index contributed by atoms with van der Waals surface area (Å²) >= 11 is 0. The van der Waals surface area contributed by atoms with Crippen LogP contribution in [0.5, 0.6) is 0 Å². The van der Waals surface area contributed by atoms with Crippen molar-refractivity contribution in [3.05, 3.63) is 243 Å². The van der Waals surface area contributed by atoms with E-state index in [1.165, 1.54) is 71.5 Å². The van der Waals surface area contributed by atoms with Crippen LogP contribution in [-0.2, 0) is 0 Å². The number of aromatic nitrogens is 1. The average Bonchev–Trinajstić information content (AvgIpc) is 3.68. The van der Waals surface area contributed by atoms with Gasteiger partial charge in [0.15, 0.2) is 0 Å². The van der Waals surface area contributed by atoms with Gasteiger partial charge in [0, 0.05) is 38.9 Å². The number of para-hydroxylation sites is 1. The molecule has 0 aliphatic heterocycles. The Kier molecular flexibility index (Phi) is 8.87. The number of rotatable bonds is 8. The molecule has 1 heterocycles. The third kappa shape index (κ3) is 6.32. The average molecular weight is 765 g/mol. The van der Waals surface area contributed by atoms with Gasteiger partial charge in [-0.1, -0.05) is 182 Å². The molecule has 0 radical (unpaired) electrons. The minimum absolute atomic E-state index is 1.09. The maximum atomic E-state index is 2.44. The third-order valence-corrected chi connectivity index (χ3v) is 11.7. The van der Waals surface area contributed by atoms with Gasteiger partial charge in [-0.05, 0) is 111 Å². The van der Waals surface area contributed by atoms with Crippen LogP contribution in [0.4, 0.5) is 17.1 Å². The fourth-order valence-electron chi connectivity index (χ4n) is 8.94. The molecule has 0 fully saturated rings.